The molecule has 23 heavy (non-hydrogen) atoms. The Bertz CT molecular complexity index is 682. The molecule has 0 saturated carbocycles. The van der Waals surface area contributed by atoms with E-state index in [9.17, 15) is 18.5 Å². The molecule has 0 spiro atoms. The molecule has 7 nitrogen and oxygen atoms in total. The molecule has 1 unspecified atom stereocenters. The number of sulfonamides is 1. The average molecular weight is 341 g/mol. The van der Waals surface area contributed by atoms with Crippen molar-refractivity contribution in [2.45, 2.75) is 38.0 Å². The van der Waals surface area contributed by atoms with E-state index in [4.69, 9.17) is 0 Å². The van der Waals surface area contributed by atoms with Crippen LogP contribution in [0, 0.1) is 29.9 Å². The van der Waals surface area contributed by atoms with Crippen LogP contribution < -0.4 is 10.0 Å². The molecule has 1 aromatic carbocycles. The number of nitro groups is 1. The zero-order valence-corrected chi connectivity index (χ0v) is 14.3. The predicted octanol–water partition coefficient (Wildman–Crippen LogP) is 1.88. The van der Waals surface area contributed by atoms with Gasteiger partial charge < -0.3 is 5.32 Å². The van der Waals surface area contributed by atoms with Gasteiger partial charge in [0.1, 0.15) is 0 Å². The van der Waals surface area contributed by atoms with E-state index in [0.717, 1.165) is 38.4 Å². The van der Waals surface area contributed by atoms with Gasteiger partial charge in [0.05, 0.1) is 9.82 Å². The van der Waals surface area contributed by atoms with Crippen LogP contribution in [0.3, 0.4) is 0 Å². The number of nitrogens with zero attached hydrogens (tertiary/aromatic N) is 1. The molecule has 1 fully saturated rings. The summed E-state index contributed by atoms with van der Waals surface area (Å²) in [5.74, 6) is 0.472. The first kappa shape index (κ1) is 17.8. The van der Waals surface area contributed by atoms with Crippen LogP contribution >= 0.6 is 0 Å². The Morgan fingerprint density at radius 1 is 1.39 bits per heavy atom. The van der Waals surface area contributed by atoms with Crippen molar-refractivity contribution in [3.05, 3.63) is 33.4 Å². The van der Waals surface area contributed by atoms with Crippen LogP contribution in [0.25, 0.3) is 0 Å². The Kier molecular flexibility index (Phi) is 5.72. The number of nitrogens with one attached hydrogen (secondary N) is 2. The van der Waals surface area contributed by atoms with E-state index in [1.807, 2.05) is 0 Å². The van der Waals surface area contributed by atoms with Gasteiger partial charge in [0.15, 0.2) is 0 Å². The Labute approximate surface area is 136 Å². The van der Waals surface area contributed by atoms with E-state index in [-0.39, 0.29) is 10.6 Å². The third kappa shape index (κ3) is 4.49. The highest BCUT2D eigenvalue weighted by Crippen LogP contribution is 2.25. The lowest BCUT2D eigenvalue weighted by Gasteiger charge is -2.22. The molecule has 1 aliphatic heterocycles. The summed E-state index contributed by atoms with van der Waals surface area (Å²) in [5.41, 5.74) is 0.934. The van der Waals surface area contributed by atoms with E-state index in [1.165, 1.54) is 6.07 Å². The van der Waals surface area contributed by atoms with Crippen molar-refractivity contribution >= 4 is 15.7 Å². The number of hydrogen-bond acceptors (Lipinski definition) is 5. The van der Waals surface area contributed by atoms with Crippen molar-refractivity contribution < 1.29 is 13.3 Å². The number of benzene rings is 1. The molecular formula is C15H23N3O4S. The van der Waals surface area contributed by atoms with Crippen LogP contribution in [0.4, 0.5) is 5.69 Å². The summed E-state index contributed by atoms with van der Waals surface area (Å²) in [6, 6.07) is 2.52. The number of nitro benzene ring substituents is 1. The molecule has 2 N–H and O–H groups in total. The number of hydrogen-bond donors (Lipinski definition) is 2. The molecule has 1 heterocycles. The summed E-state index contributed by atoms with van der Waals surface area (Å²) in [6.07, 6.45) is 2.98. The Morgan fingerprint density at radius 2 is 2.13 bits per heavy atom. The second kappa shape index (κ2) is 7.37. The number of rotatable bonds is 6. The molecule has 1 atom stereocenters. The summed E-state index contributed by atoms with van der Waals surface area (Å²) < 4.78 is 27.5. The molecule has 2 rings (SSSR count). The summed E-state index contributed by atoms with van der Waals surface area (Å²) in [5, 5.41) is 14.2. The second-order valence-electron chi connectivity index (χ2n) is 6.04. The van der Waals surface area contributed by atoms with Gasteiger partial charge in [0.25, 0.3) is 5.69 Å². The number of aryl methyl sites for hydroxylation is 1. The molecule has 8 heteroatoms. The monoisotopic (exact) mass is 341 g/mol. The first-order valence-corrected chi connectivity index (χ1v) is 9.25. The molecule has 1 aromatic rings. The molecule has 1 saturated heterocycles. The van der Waals surface area contributed by atoms with E-state index in [0.29, 0.717) is 23.6 Å². The van der Waals surface area contributed by atoms with Gasteiger partial charge in [-0.1, -0.05) is 0 Å². The van der Waals surface area contributed by atoms with Gasteiger partial charge in [0, 0.05) is 18.7 Å². The normalized spacial score (nSPS) is 18.8. The summed E-state index contributed by atoms with van der Waals surface area (Å²) in [6.45, 7) is 5.62. The predicted molar refractivity (Wildman–Crippen MR) is 88.0 cm³/mol. The minimum Gasteiger partial charge on any atom is -0.316 e. The van der Waals surface area contributed by atoms with Gasteiger partial charge in [-0.2, -0.15) is 0 Å². The first-order chi connectivity index (χ1) is 10.8. The fourth-order valence-corrected chi connectivity index (χ4v) is 4.22. The average Bonchev–Trinajstić information content (AvgIpc) is 2.50. The highest BCUT2D eigenvalue weighted by atomic mass is 32.2. The second-order valence-corrected chi connectivity index (χ2v) is 7.78. The zero-order valence-electron chi connectivity index (χ0n) is 13.5. The lowest BCUT2D eigenvalue weighted by atomic mass is 9.96. The first-order valence-electron chi connectivity index (χ1n) is 7.77. The third-order valence-electron chi connectivity index (χ3n) is 4.35. The summed E-state index contributed by atoms with van der Waals surface area (Å²) in [4.78, 5) is 10.4. The SMILES string of the molecule is Cc1cc([N+](=O)[O-])cc(S(=O)(=O)NCCC2CCCNC2)c1C. The van der Waals surface area contributed by atoms with Crippen LogP contribution in [0.15, 0.2) is 17.0 Å². The van der Waals surface area contributed by atoms with Gasteiger partial charge in [0.2, 0.25) is 10.0 Å². The maximum atomic E-state index is 12.5. The molecule has 0 bridgehead atoms. The fourth-order valence-electron chi connectivity index (χ4n) is 2.84. The van der Waals surface area contributed by atoms with Crippen molar-refractivity contribution in [3.8, 4) is 0 Å². The van der Waals surface area contributed by atoms with Crippen molar-refractivity contribution in [1.29, 1.82) is 0 Å². The van der Waals surface area contributed by atoms with Crippen molar-refractivity contribution in [2.24, 2.45) is 5.92 Å². The van der Waals surface area contributed by atoms with Gasteiger partial charge >= 0.3 is 0 Å². The highest BCUT2D eigenvalue weighted by molar-refractivity contribution is 7.89. The summed E-state index contributed by atoms with van der Waals surface area (Å²) >= 11 is 0. The smallest absolute Gasteiger partial charge is 0.271 e. The molecule has 0 radical (unpaired) electrons. The van der Waals surface area contributed by atoms with Crippen molar-refractivity contribution in [1.82, 2.24) is 10.0 Å². The van der Waals surface area contributed by atoms with Crippen LogP contribution in [0.1, 0.15) is 30.4 Å². The third-order valence-corrected chi connectivity index (χ3v) is 5.94. The summed E-state index contributed by atoms with van der Waals surface area (Å²) in [7, 11) is -3.75. The Hall–Kier alpha value is -1.51. The maximum absolute atomic E-state index is 12.5. The van der Waals surface area contributed by atoms with E-state index in [1.54, 1.807) is 13.8 Å². The van der Waals surface area contributed by atoms with E-state index >= 15 is 0 Å². The van der Waals surface area contributed by atoms with Gasteiger partial charge in [-0.05, 0) is 63.2 Å². The number of non-ortho nitro benzene ring substituents is 1. The van der Waals surface area contributed by atoms with E-state index < -0.39 is 14.9 Å². The molecule has 0 aromatic heterocycles. The quantitative estimate of drug-likeness (QED) is 0.608. The molecule has 128 valence electrons. The maximum Gasteiger partial charge on any atom is 0.271 e. The van der Waals surface area contributed by atoms with E-state index in [2.05, 4.69) is 10.0 Å². The highest BCUT2D eigenvalue weighted by Gasteiger charge is 2.22. The minimum absolute atomic E-state index is 0.00836. The molecule has 0 aliphatic carbocycles. The molecular weight excluding hydrogens is 318 g/mol. The largest absolute Gasteiger partial charge is 0.316 e. The zero-order chi connectivity index (χ0) is 17.0. The Morgan fingerprint density at radius 3 is 2.74 bits per heavy atom. The van der Waals surface area contributed by atoms with Crippen LogP contribution in [-0.2, 0) is 10.0 Å². The fraction of sp³-hybridized carbons (Fsp3) is 0.600. The van der Waals surface area contributed by atoms with Gasteiger partial charge in [-0.25, -0.2) is 13.1 Å². The lowest BCUT2D eigenvalue weighted by Crippen LogP contribution is -2.33. The van der Waals surface area contributed by atoms with Crippen LogP contribution in [0.2, 0.25) is 0 Å². The topological polar surface area (TPSA) is 101 Å². The van der Waals surface area contributed by atoms with Crippen LogP contribution in [-0.4, -0.2) is 33.0 Å². The van der Waals surface area contributed by atoms with Crippen LogP contribution in [0.5, 0.6) is 0 Å². The van der Waals surface area contributed by atoms with Gasteiger partial charge in [-0.15, -0.1) is 0 Å². The van der Waals surface area contributed by atoms with Crippen molar-refractivity contribution in [3.63, 3.8) is 0 Å². The lowest BCUT2D eigenvalue weighted by molar-refractivity contribution is -0.385. The standard InChI is InChI=1S/C15H23N3O4S/c1-11-8-14(18(19)20)9-15(12(11)2)23(21,22)17-7-5-13-4-3-6-16-10-13/h8-9,13,16-17H,3-7,10H2,1-2H3. The molecule has 1 aliphatic rings. The van der Waals surface area contributed by atoms with Gasteiger partial charge in [-0.3, -0.25) is 10.1 Å². The Balaban J connectivity index is 2.10. The minimum atomic E-state index is -3.75. The molecule has 0 amide bonds. The number of piperidine rings is 1. The van der Waals surface area contributed by atoms with Crippen molar-refractivity contribution in [2.75, 3.05) is 19.6 Å².